The smallest absolute Gasteiger partial charge is 0.343 e. The topological polar surface area (TPSA) is 122 Å². The zero-order valence-corrected chi connectivity index (χ0v) is 13.8. The van der Waals surface area contributed by atoms with Crippen molar-refractivity contribution in [1.29, 1.82) is 0 Å². The number of nitrogens with zero attached hydrogens (tertiary/aromatic N) is 4. The van der Waals surface area contributed by atoms with Crippen molar-refractivity contribution < 1.29 is 24.1 Å². The first-order valence-electron chi connectivity index (χ1n) is 7.76. The third kappa shape index (κ3) is 3.40. The minimum atomic E-state index is -0.859. The Morgan fingerprint density at radius 3 is 3.00 bits per heavy atom. The molecule has 0 aliphatic rings. The van der Waals surface area contributed by atoms with Crippen molar-refractivity contribution in [2.75, 3.05) is 18.5 Å². The molecule has 0 aliphatic carbocycles. The highest BCUT2D eigenvalue weighted by Gasteiger charge is 2.19. The molecule has 0 bridgehead atoms. The molecule has 3 aromatic rings. The number of ether oxygens (including phenoxy) is 1. The third-order valence-electron chi connectivity index (χ3n) is 3.61. The molecule has 0 spiro atoms. The van der Waals surface area contributed by atoms with Crippen LogP contribution in [0.5, 0.6) is 5.88 Å². The van der Waals surface area contributed by atoms with Gasteiger partial charge in [-0.25, -0.2) is 23.7 Å². The van der Waals surface area contributed by atoms with Crippen LogP contribution in [-0.4, -0.2) is 49.0 Å². The van der Waals surface area contributed by atoms with Gasteiger partial charge in [0.2, 0.25) is 5.88 Å². The quantitative estimate of drug-likeness (QED) is 0.562. The monoisotopic (exact) mass is 361 g/mol. The molecule has 3 aromatic heterocycles. The van der Waals surface area contributed by atoms with Gasteiger partial charge >= 0.3 is 5.97 Å². The average Bonchev–Trinajstić information content (AvgIpc) is 3.05. The van der Waals surface area contributed by atoms with E-state index in [0.717, 1.165) is 12.3 Å². The van der Waals surface area contributed by atoms with Crippen LogP contribution < -0.4 is 5.32 Å². The summed E-state index contributed by atoms with van der Waals surface area (Å²) in [5, 5.41) is 26.3. The molecule has 26 heavy (non-hydrogen) atoms. The molecule has 136 valence electrons. The lowest BCUT2D eigenvalue weighted by Gasteiger charge is -2.18. The van der Waals surface area contributed by atoms with Crippen molar-refractivity contribution in [2.45, 2.75) is 13.0 Å². The summed E-state index contributed by atoms with van der Waals surface area (Å²) in [5.41, 5.74) is 0.520. The lowest BCUT2D eigenvalue weighted by atomic mass is 10.1. The van der Waals surface area contributed by atoms with Crippen molar-refractivity contribution in [3.05, 3.63) is 47.7 Å². The molecular formula is C16H16FN5O4. The van der Waals surface area contributed by atoms with Crippen LogP contribution in [0.25, 0.3) is 5.65 Å². The van der Waals surface area contributed by atoms with Gasteiger partial charge in [0.15, 0.2) is 5.65 Å². The zero-order chi connectivity index (χ0) is 18.7. The summed E-state index contributed by atoms with van der Waals surface area (Å²) in [5.74, 6) is -1.33. The number of carbonyl (C=O) groups is 1. The fourth-order valence-electron chi connectivity index (χ4n) is 2.41. The highest BCUT2D eigenvalue weighted by molar-refractivity contribution is 5.95. The lowest BCUT2D eigenvalue weighted by molar-refractivity contribution is 0.0528. The number of carbonyl (C=O) groups excluding carboxylic acids is 1. The molecule has 0 unspecified atom stereocenters. The normalized spacial score (nSPS) is 12.1. The highest BCUT2D eigenvalue weighted by atomic mass is 19.1. The molecular weight excluding hydrogens is 345 g/mol. The Morgan fingerprint density at radius 1 is 1.46 bits per heavy atom. The Balaban J connectivity index is 1.93. The Hall–Kier alpha value is -3.27. The number of hydrogen-bond acceptors (Lipinski definition) is 8. The lowest BCUT2D eigenvalue weighted by Crippen LogP contribution is -2.17. The fourth-order valence-corrected chi connectivity index (χ4v) is 2.41. The van der Waals surface area contributed by atoms with E-state index in [1.165, 1.54) is 10.7 Å². The number of aliphatic hydroxyl groups excluding tert-OH is 1. The number of pyridine rings is 1. The number of anilines is 1. The van der Waals surface area contributed by atoms with E-state index >= 15 is 0 Å². The van der Waals surface area contributed by atoms with Gasteiger partial charge in [-0.15, -0.1) is 0 Å². The largest absolute Gasteiger partial charge is 0.493 e. The van der Waals surface area contributed by atoms with Gasteiger partial charge in [0.05, 0.1) is 31.6 Å². The molecule has 1 atom stereocenters. The van der Waals surface area contributed by atoms with Crippen molar-refractivity contribution in [3.8, 4) is 5.88 Å². The van der Waals surface area contributed by atoms with Crippen molar-refractivity contribution in [2.24, 2.45) is 0 Å². The summed E-state index contributed by atoms with van der Waals surface area (Å²) in [6.45, 7) is 1.46. The van der Waals surface area contributed by atoms with Crippen LogP contribution in [0.3, 0.4) is 0 Å². The van der Waals surface area contributed by atoms with Crippen LogP contribution in [0.15, 0.2) is 30.7 Å². The van der Waals surface area contributed by atoms with Gasteiger partial charge in [-0.2, -0.15) is 5.10 Å². The number of aromatic nitrogens is 4. The maximum atomic E-state index is 13.4. The predicted octanol–water partition coefficient (Wildman–Crippen LogP) is 1.29. The maximum Gasteiger partial charge on any atom is 0.343 e. The van der Waals surface area contributed by atoms with Crippen LogP contribution in [0.2, 0.25) is 0 Å². The SMILES string of the molecule is CCOC(=O)c1cnn2ccc(N[C@H](CO)c3cc(F)cnc3O)nc12. The van der Waals surface area contributed by atoms with Crippen molar-refractivity contribution in [3.63, 3.8) is 0 Å². The average molecular weight is 361 g/mol. The van der Waals surface area contributed by atoms with Crippen LogP contribution in [0.4, 0.5) is 10.2 Å². The summed E-state index contributed by atoms with van der Waals surface area (Å²) in [4.78, 5) is 19.8. The van der Waals surface area contributed by atoms with Crippen LogP contribution >= 0.6 is 0 Å². The molecule has 0 saturated heterocycles. The standard InChI is InChI=1S/C16H16FN5O4/c1-2-26-16(25)11-7-19-22-4-3-13(21-14(11)22)20-12(8-23)10-5-9(17)6-18-15(10)24/h3-7,12,23H,2,8H2,1H3,(H,18,24)(H,20,21)/t12-/m1/s1. The van der Waals surface area contributed by atoms with Gasteiger partial charge in [0.25, 0.3) is 0 Å². The van der Waals surface area contributed by atoms with E-state index in [4.69, 9.17) is 4.74 Å². The fraction of sp³-hybridized carbons (Fsp3) is 0.250. The van der Waals surface area contributed by atoms with Crippen molar-refractivity contribution in [1.82, 2.24) is 19.6 Å². The van der Waals surface area contributed by atoms with Crippen LogP contribution in [0, 0.1) is 5.82 Å². The van der Waals surface area contributed by atoms with E-state index in [1.54, 1.807) is 19.2 Å². The minimum Gasteiger partial charge on any atom is -0.493 e. The number of halogens is 1. The first-order chi connectivity index (χ1) is 12.5. The Bertz CT molecular complexity index is 946. The van der Waals surface area contributed by atoms with E-state index in [9.17, 15) is 19.4 Å². The van der Waals surface area contributed by atoms with E-state index in [0.29, 0.717) is 0 Å². The highest BCUT2D eigenvalue weighted by Crippen LogP contribution is 2.25. The summed E-state index contributed by atoms with van der Waals surface area (Å²) >= 11 is 0. The van der Waals surface area contributed by atoms with Gasteiger partial charge in [-0.1, -0.05) is 0 Å². The molecule has 0 saturated carbocycles. The number of fused-ring (bicyclic) bond motifs is 1. The summed E-state index contributed by atoms with van der Waals surface area (Å²) in [6.07, 6.45) is 3.77. The van der Waals surface area contributed by atoms with Gasteiger partial charge in [0, 0.05) is 11.8 Å². The van der Waals surface area contributed by atoms with Crippen LogP contribution in [-0.2, 0) is 4.74 Å². The number of aromatic hydroxyl groups is 1. The molecule has 3 rings (SSSR count). The number of aliphatic hydroxyl groups is 1. The number of hydrogen-bond donors (Lipinski definition) is 3. The van der Waals surface area contributed by atoms with Gasteiger partial charge in [-0.05, 0) is 19.1 Å². The summed E-state index contributed by atoms with van der Waals surface area (Å²) in [7, 11) is 0. The second-order valence-corrected chi connectivity index (χ2v) is 5.31. The van der Waals surface area contributed by atoms with Gasteiger partial charge in [-0.3, -0.25) is 0 Å². The predicted molar refractivity (Wildman–Crippen MR) is 88.3 cm³/mol. The summed E-state index contributed by atoms with van der Waals surface area (Å²) < 4.78 is 19.8. The first kappa shape index (κ1) is 17.5. The molecule has 9 nitrogen and oxygen atoms in total. The molecule has 3 N–H and O–H groups in total. The molecule has 0 radical (unpaired) electrons. The maximum absolute atomic E-state index is 13.4. The molecule has 0 fully saturated rings. The molecule has 0 amide bonds. The minimum absolute atomic E-state index is 0.0771. The van der Waals surface area contributed by atoms with Gasteiger partial charge in [0.1, 0.15) is 17.2 Å². The molecule has 0 aliphatic heterocycles. The number of rotatable bonds is 6. The van der Waals surface area contributed by atoms with Crippen molar-refractivity contribution >= 4 is 17.4 Å². The molecule has 3 heterocycles. The van der Waals surface area contributed by atoms with Gasteiger partial charge < -0.3 is 20.3 Å². The number of esters is 1. The van der Waals surface area contributed by atoms with E-state index in [-0.39, 0.29) is 29.2 Å². The zero-order valence-electron chi connectivity index (χ0n) is 13.8. The second kappa shape index (κ2) is 7.31. The first-order valence-corrected chi connectivity index (χ1v) is 7.76. The Morgan fingerprint density at radius 2 is 2.27 bits per heavy atom. The molecule has 0 aromatic carbocycles. The summed E-state index contributed by atoms with van der Waals surface area (Å²) in [6, 6.07) is 1.76. The second-order valence-electron chi connectivity index (χ2n) is 5.31. The Labute approximate surface area is 147 Å². The molecule has 10 heteroatoms. The number of nitrogens with one attached hydrogen (secondary N) is 1. The van der Waals surface area contributed by atoms with E-state index in [1.807, 2.05) is 0 Å². The van der Waals surface area contributed by atoms with Crippen LogP contribution in [0.1, 0.15) is 28.9 Å². The Kier molecular flexibility index (Phi) is 4.94. The van der Waals surface area contributed by atoms with E-state index < -0.39 is 30.3 Å². The van der Waals surface area contributed by atoms with E-state index in [2.05, 4.69) is 20.4 Å². The third-order valence-corrected chi connectivity index (χ3v) is 3.61.